The van der Waals surface area contributed by atoms with Crippen molar-refractivity contribution >= 4 is 27.7 Å². The van der Waals surface area contributed by atoms with Crippen molar-refractivity contribution in [3.8, 4) is 5.75 Å². The molecule has 4 aromatic rings. The van der Waals surface area contributed by atoms with Gasteiger partial charge in [-0.25, -0.2) is 4.98 Å². The summed E-state index contributed by atoms with van der Waals surface area (Å²) in [6.45, 7) is 4.22. The van der Waals surface area contributed by atoms with Crippen LogP contribution in [0.3, 0.4) is 0 Å². The van der Waals surface area contributed by atoms with Crippen molar-refractivity contribution in [2.24, 2.45) is 7.05 Å². The van der Waals surface area contributed by atoms with Gasteiger partial charge in [0, 0.05) is 42.3 Å². The van der Waals surface area contributed by atoms with E-state index in [1.807, 2.05) is 61.0 Å². The molecule has 1 aliphatic rings. The Balaban J connectivity index is 1.28. The molecule has 7 nitrogen and oxygen atoms in total. The van der Waals surface area contributed by atoms with Crippen molar-refractivity contribution in [3.63, 3.8) is 0 Å². The van der Waals surface area contributed by atoms with E-state index in [0.717, 1.165) is 38.9 Å². The average Bonchev–Trinajstić information content (AvgIpc) is 3.33. The van der Waals surface area contributed by atoms with Crippen LogP contribution in [0.2, 0.25) is 0 Å². The van der Waals surface area contributed by atoms with Crippen molar-refractivity contribution < 1.29 is 14.6 Å². The van der Waals surface area contributed by atoms with Crippen molar-refractivity contribution in [1.29, 1.82) is 0 Å². The van der Waals surface area contributed by atoms with Crippen molar-refractivity contribution in [1.82, 2.24) is 19.0 Å². The molecule has 2 aromatic carbocycles. The number of imidazole rings is 1. The molecular formula is C26H30N4O3. The van der Waals surface area contributed by atoms with Crippen LogP contribution in [0, 0.1) is 6.92 Å². The van der Waals surface area contributed by atoms with Gasteiger partial charge in [0.2, 0.25) is 0 Å². The second-order valence-electron chi connectivity index (χ2n) is 9.19. The molecule has 0 radical (unpaired) electrons. The van der Waals surface area contributed by atoms with Gasteiger partial charge in [0.25, 0.3) is 0 Å². The minimum Gasteiger partial charge on any atom is -0.497 e. The highest BCUT2D eigenvalue weighted by atomic mass is 16.5. The first-order chi connectivity index (χ1) is 15.9. The van der Waals surface area contributed by atoms with Gasteiger partial charge in [-0.2, -0.15) is 0 Å². The molecule has 0 amide bonds. The number of fused-ring (bicyclic) bond motifs is 2. The first-order valence-electron chi connectivity index (χ1n) is 11.4. The summed E-state index contributed by atoms with van der Waals surface area (Å²) in [5.74, 6) is 0.856. The van der Waals surface area contributed by atoms with E-state index < -0.39 is 5.60 Å². The van der Waals surface area contributed by atoms with Gasteiger partial charge in [0.05, 0.1) is 43.2 Å². The largest absolute Gasteiger partial charge is 0.497 e. The molecule has 2 aromatic heterocycles. The summed E-state index contributed by atoms with van der Waals surface area (Å²) in [5.41, 5.74) is 3.92. The Hall–Kier alpha value is -3.16. The summed E-state index contributed by atoms with van der Waals surface area (Å²) in [6, 6.07) is 13.8. The minimum atomic E-state index is -0.800. The maximum atomic E-state index is 13.4. The fourth-order valence-electron chi connectivity index (χ4n) is 5.05. The number of piperidine rings is 1. The third-order valence-corrected chi connectivity index (χ3v) is 7.12. The Morgan fingerprint density at radius 3 is 2.67 bits per heavy atom. The third-order valence-electron chi connectivity index (χ3n) is 7.12. The smallest absolute Gasteiger partial charge is 0.179 e. The number of carbonyl (C=O) groups excluding carboxylic acids is 1. The predicted octanol–water partition coefficient (Wildman–Crippen LogP) is 3.55. The highest BCUT2D eigenvalue weighted by Crippen LogP contribution is 2.30. The number of benzene rings is 2. The number of Topliss-reactive ketones (excluding diaryl/α,β-unsaturated/α-hetero) is 1. The van der Waals surface area contributed by atoms with Crippen LogP contribution in [0.1, 0.15) is 28.9 Å². The third kappa shape index (κ3) is 3.92. The molecule has 33 heavy (non-hydrogen) atoms. The van der Waals surface area contributed by atoms with E-state index >= 15 is 0 Å². The van der Waals surface area contributed by atoms with Crippen LogP contribution in [-0.2, 0) is 13.6 Å². The van der Waals surface area contributed by atoms with Crippen LogP contribution < -0.4 is 4.74 Å². The molecule has 0 atom stereocenters. The zero-order valence-corrected chi connectivity index (χ0v) is 19.4. The Bertz CT molecular complexity index is 1330. The number of aryl methyl sites for hydroxylation is 1. The van der Waals surface area contributed by atoms with Gasteiger partial charge in [-0.15, -0.1) is 0 Å². The van der Waals surface area contributed by atoms with Gasteiger partial charge < -0.3 is 19.0 Å². The Morgan fingerprint density at radius 1 is 1.15 bits per heavy atom. The lowest BCUT2D eigenvalue weighted by atomic mass is 9.91. The number of likely N-dealkylation sites (tertiary alicyclic amines) is 1. The molecule has 0 saturated carbocycles. The molecule has 1 fully saturated rings. The molecule has 1 aliphatic heterocycles. The van der Waals surface area contributed by atoms with Gasteiger partial charge in [0.15, 0.2) is 5.78 Å². The number of aliphatic hydroxyl groups is 1. The van der Waals surface area contributed by atoms with Crippen molar-refractivity contribution in [2.75, 3.05) is 26.7 Å². The maximum Gasteiger partial charge on any atom is 0.179 e. The first kappa shape index (κ1) is 21.7. The molecule has 0 unspecified atom stereocenters. The Labute approximate surface area is 193 Å². The van der Waals surface area contributed by atoms with E-state index in [9.17, 15) is 9.90 Å². The first-order valence-corrected chi connectivity index (χ1v) is 11.4. The van der Waals surface area contributed by atoms with Crippen LogP contribution in [0.4, 0.5) is 0 Å². The number of nitrogens with zero attached hydrogens (tertiary/aromatic N) is 4. The van der Waals surface area contributed by atoms with Crippen LogP contribution in [0.25, 0.3) is 21.9 Å². The Morgan fingerprint density at radius 2 is 1.91 bits per heavy atom. The zero-order chi connectivity index (χ0) is 23.2. The summed E-state index contributed by atoms with van der Waals surface area (Å²) < 4.78 is 9.48. The van der Waals surface area contributed by atoms with Crippen LogP contribution in [0.15, 0.2) is 48.8 Å². The average molecular weight is 447 g/mol. The highest BCUT2D eigenvalue weighted by Gasteiger charge is 2.34. The number of methoxy groups -OCH3 is 1. The van der Waals surface area contributed by atoms with Gasteiger partial charge >= 0.3 is 0 Å². The number of rotatable bonds is 6. The van der Waals surface area contributed by atoms with Crippen LogP contribution in [0.5, 0.6) is 5.75 Å². The fraction of sp³-hybridized carbons (Fsp3) is 0.385. The molecule has 0 spiro atoms. The lowest BCUT2D eigenvalue weighted by Gasteiger charge is -2.38. The number of hydrogen-bond donors (Lipinski definition) is 1. The van der Waals surface area contributed by atoms with Gasteiger partial charge in [-0.1, -0.05) is 12.1 Å². The summed E-state index contributed by atoms with van der Waals surface area (Å²) in [6.07, 6.45) is 3.04. The van der Waals surface area contributed by atoms with E-state index in [2.05, 4.69) is 14.5 Å². The molecule has 0 bridgehead atoms. The summed E-state index contributed by atoms with van der Waals surface area (Å²) in [4.78, 5) is 19.9. The normalized spacial score (nSPS) is 16.5. The summed E-state index contributed by atoms with van der Waals surface area (Å²) in [7, 11) is 3.63. The Kier molecular flexibility index (Phi) is 5.46. The lowest BCUT2D eigenvalue weighted by Crippen LogP contribution is -2.48. The van der Waals surface area contributed by atoms with E-state index in [1.54, 1.807) is 13.4 Å². The van der Waals surface area contributed by atoms with Gasteiger partial charge in [-0.3, -0.25) is 9.69 Å². The number of ether oxygens (including phenoxy) is 1. The van der Waals surface area contributed by atoms with Crippen LogP contribution in [-0.4, -0.2) is 62.3 Å². The quantitative estimate of drug-likeness (QED) is 0.459. The fourth-order valence-corrected chi connectivity index (χ4v) is 5.05. The topological polar surface area (TPSA) is 72.5 Å². The lowest BCUT2D eigenvalue weighted by molar-refractivity contribution is -0.0320. The molecule has 1 N–H and O–H groups in total. The number of aromatic nitrogens is 3. The number of ketones is 1. The maximum absolute atomic E-state index is 13.4. The second-order valence-corrected chi connectivity index (χ2v) is 9.19. The number of hydrogen-bond acceptors (Lipinski definition) is 5. The van der Waals surface area contributed by atoms with Gasteiger partial charge in [0.1, 0.15) is 5.75 Å². The monoisotopic (exact) mass is 446 g/mol. The summed E-state index contributed by atoms with van der Waals surface area (Å²) in [5, 5.41) is 12.2. The molecule has 7 heteroatoms. The van der Waals surface area contributed by atoms with Crippen LogP contribution >= 0.6 is 0 Å². The van der Waals surface area contributed by atoms with E-state index in [-0.39, 0.29) is 5.78 Å². The highest BCUT2D eigenvalue weighted by molar-refractivity contribution is 6.10. The second kappa shape index (κ2) is 8.32. The number of carbonyl (C=O) groups is 1. The standard InChI is InChI=1S/C26H30N4O3/c1-18-25(20-14-19(33-3)8-9-22(20)28(18)2)24(31)15-29-12-10-26(32,11-13-29)16-30-17-27-21-6-4-5-7-23(21)30/h4-9,14,17,32H,10-13,15-16H2,1-3H3. The SMILES string of the molecule is COc1ccc2c(c1)c(C(=O)CN1CCC(O)(Cn3cnc4ccccc43)CC1)c(C)n2C. The molecular weight excluding hydrogens is 416 g/mol. The summed E-state index contributed by atoms with van der Waals surface area (Å²) >= 11 is 0. The molecule has 0 aliphatic carbocycles. The molecule has 172 valence electrons. The minimum absolute atomic E-state index is 0.109. The predicted molar refractivity (Wildman–Crippen MR) is 129 cm³/mol. The molecule has 3 heterocycles. The molecule has 5 rings (SSSR count). The van der Waals surface area contributed by atoms with E-state index in [0.29, 0.717) is 39.0 Å². The molecule has 1 saturated heterocycles. The van der Waals surface area contributed by atoms with Crippen molar-refractivity contribution in [3.05, 3.63) is 60.0 Å². The van der Waals surface area contributed by atoms with E-state index in [4.69, 9.17) is 4.74 Å². The van der Waals surface area contributed by atoms with Gasteiger partial charge in [-0.05, 0) is 50.1 Å². The number of para-hydroxylation sites is 2. The zero-order valence-electron chi connectivity index (χ0n) is 19.4. The van der Waals surface area contributed by atoms with E-state index in [1.165, 1.54) is 0 Å². The van der Waals surface area contributed by atoms with Crippen molar-refractivity contribution in [2.45, 2.75) is 31.9 Å².